The molecule has 0 fully saturated rings. The number of hydrogen-bond acceptors (Lipinski definition) is 2. The van der Waals surface area contributed by atoms with Gasteiger partial charge >= 0.3 is 0 Å². The van der Waals surface area contributed by atoms with E-state index in [0.29, 0.717) is 5.92 Å². The Balaban J connectivity index is 2.40. The molecule has 3 nitrogen and oxygen atoms in total. The van der Waals surface area contributed by atoms with E-state index in [2.05, 4.69) is 30.3 Å². The van der Waals surface area contributed by atoms with Crippen LogP contribution in [-0.2, 0) is 6.54 Å². The molecule has 2 heterocycles. The second-order valence-electron chi connectivity index (χ2n) is 5.91. The maximum Gasteiger partial charge on any atom is 0.160 e. The minimum atomic E-state index is -0.0951. The summed E-state index contributed by atoms with van der Waals surface area (Å²) in [5.41, 5.74) is 3.14. The number of alkyl halides is 1. The van der Waals surface area contributed by atoms with Crippen molar-refractivity contribution in [2.45, 2.75) is 65.3 Å². The highest BCUT2D eigenvalue weighted by atomic mass is 35.5. The number of pyridine rings is 1. The quantitative estimate of drug-likeness (QED) is 0.654. The summed E-state index contributed by atoms with van der Waals surface area (Å²) < 4.78 is 2.24. The number of aromatic nitrogens is 3. The molecule has 2 atom stereocenters. The van der Waals surface area contributed by atoms with Crippen molar-refractivity contribution in [2.75, 3.05) is 0 Å². The van der Waals surface area contributed by atoms with Gasteiger partial charge in [0.15, 0.2) is 5.65 Å². The number of rotatable bonds is 7. The number of nitrogens with zero attached hydrogens (tertiary/aromatic N) is 3. The fraction of sp³-hybridized carbons (Fsp3) is 0.647. The summed E-state index contributed by atoms with van der Waals surface area (Å²) >= 11 is 6.35. The summed E-state index contributed by atoms with van der Waals surface area (Å²) in [5.74, 6) is 1.61. The zero-order chi connectivity index (χ0) is 15.4. The molecule has 0 aliphatic heterocycles. The Labute approximate surface area is 132 Å². The average molecular weight is 308 g/mol. The van der Waals surface area contributed by atoms with E-state index in [0.717, 1.165) is 23.5 Å². The van der Waals surface area contributed by atoms with E-state index < -0.39 is 0 Å². The van der Waals surface area contributed by atoms with Crippen molar-refractivity contribution in [1.82, 2.24) is 14.5 Å². The number of imidazole rings is 1. The second-order valence-corrected chi connectivity index (χ2v) is 6.57. The number of halogens is 1. The lowest BCUT2D eigenvalue weighted by Gasteiger charge is -2.18. The Kier molecular flexibility index (Phi) is 5.63. The second kappa shape index (κ2) is 7.26. The van der Waals surface area contributed by atoms with Gasteiger partial charge in [-0.05, 0) is 37.8 Å². The molecule has 0 bridgehead atoms. The standard InChI is InChI=1S/C17H26ClN3/c1-5-7-8-14(6-2)11-21-16(13(4)18)20-15-12(3)9-10-19-17(15)21/h9-10,13-14H,5-8,11H2,1-4H3. The first-order valence-corrected chi connectivity index (χ1v) is 8.47. The van der Waals surface area contributed by atoms with Gasteiger partial charge < -0.3 is 4.57 Å². The Bertz CT molecular complexity index is 589. The summed E-state index contributed by atoms with van der Waals surface area (Å²) in [6.45, 7) is 9.55. The fourth-order valence-electron chi connectivity index (χ4n) is 2.81. The number of hydrogen-bond donors (Lipinski definition) is 0. The lowest BCUT2D eigenvalue weighted by Crippen LogP contribution is -2.13. The Hall–Kier alpha value is -1.09. The van der Waals surface area contributed by atoms with E-state index in [9.17, 15) is 0 Å². The molecule has 21 heavy (non-hydrogen) atoms. The van der Waals surface area contributed by atoms with Crippen molar-refractivity contribution in [3.8, 4) is 0 Å². The summed E-state index contributed by atoms with van der Waals surface area (Å²) in [6.07, 6.45) is 6.84. The highest BCUT2D eigenvalue weighted by molar-refractivity contribution is 6.20. The van der Waals surface area contributed by atoms with Gasteiger partial charge in [0, 0.05) is 12.7 Å². The highest BCUT2D eigenvalue weighted by Crippen LogP contribution is 2.27. The molecule has 0 saturated heterocycles. The Morgan fingerprint density at radius 2 is 2.10 bits per heavy atom. The zero-order valence-electron chi connectivity index (χ0n) is 13.6. The molecule has 0 N–H and O–H groups in total. The summed E-state index contributed by atoms with van der Waals surface area (Å²) in [6, 6.07) is 2.01. The van der Waals surface area contributed by atoms with Crippen LogP contribution in [0.5, 0.6) is 0 Å². The molecule has 0 saturated carbocycles. The molecule has 116 valence electrons. The third-order valence-corrected chi connectivity index (χ3v) is 4.40. The molecular weight excluding hydrogens is 282 g/mol. The molecule has 0 aliphatic carbocycles. The molecule has 0 amide bonds. The van der Waals surface area contributed by atoms with Gasteiger partial charge in [-0.15, -0.1) is 11.6 Å². The van der Waals surface area contributed by atoms with Crippen molar-refractivity contribution < 1.29 is 0 Å². The van der Waals surface area contributed by atoms with Crippen LogP contribution in [0.2, 0.25) is 0 Å². The van der Waals surface area contributed by atoms with E-state index >= 15 is 0 Å². The van der Waals surface area contributed by atoms with E-state index in [1.165, 1.54) is 31.2 Å². The Morgan fingerprint density at radius 1 is 1.33 bits per heavy atom. The number of unbranched alkanes of at least 4 members (excludes halogenated alkanes) is 1. The van der Waals surface area contributed by atoms with Gasteiger partial charge in [0.25, 0.3) is 0 Å². The van der Waals surface area contributed by atoms with Crippen LogP contribution < -0.4 is 0 Å². The summed E-state index contributed by atoms with van der Waals surface area (Å²) in [5, 5.41) is -0.0951. The number of aryl methyl sites for hydroxylation is 1. The first-order valence-electron chi connectivity index (χ1n) is 8.04. The van der Waals surface area contributed by atoms with Gasteiger partial charge in [-0.2, -0.15) is 0 Å². The minimum absolute atomic E-state index is 0.0951. The first-order chi connectivity index (χ1) is 10.1. The first kappa shape index (κ1) is 16.3. The van der Waals surface area contributed by atoms with E-state index in [1.807, 2.05) is 19.2 Å². The van der Waals surface area contributed by atoms with Gasteiger partial charge in [-0.3, -0.25) is 0 Å². The van der Waals surface area contributed by atoms with Crippen LogP contribution >= 0.6 is 11.6 Å². The molecule has 0 spiro atoms. The number of fused-ring (bicyclic) bond motifs is 1. The average Bonchev–Trinajstić information content (AvgIpc) is 2.84. The molecule has 2 aromatic rings. The molecule has 0 aromatic carbocycles. The summed E-state index contributed by atoms with van der Waals surface area (Å²) in [4.78, 5) is 9.30. The Morgan fingerprint density at radius 3 is 2.71 bits per heavy atom. The van der Waals surface area contributed by atoms with E-state index in [-0.39, 0.29) is 5.38 Å². The van der Waals surface area contributed by atoms with Crippen LogP contribution in [0, 0.1) is 12.8 Å². The lowest BCUT2D eigenvalue weighted by molar-refractivity contribution is 0.388. The predicted octanol–water partition coefficient (Wildman–Crippen LogP) is 5.26. The highest BCUT2D eigenvalue weighted by Gasteiger charge is 2.19. The summed E-state index contributed by atoms with van der Waals surface area (Å²) in [7, 11) is 0. The molecule has 0 aliphatic rings. The van der Waals surface area contributed by atoms with Crippen molar-refractivity contribution in [1.29, 1.82) is 0 Å². The third-order valence-electron chi connectivity index (χ3n) is 4.21. The normalized spacial score (nSPS) is 14.5. The van der Waals surface area contributed by atoms with Crippen molar-refractivity contribution >= 4 is 22.8 Å². The van der Waals surface area contributed by atoms with Crippen LogP contribution in [0.3, 0.4) is 0 Å². The maximum atomic E-state index is 6.35. The molecule has 2 rings (SSSR count). The monoisotopic (exact) mass is 307 g/mol. The van der Waals surface area contributed by atoms with Crippen molar-refractivity contribution in [3.63, 3.8) is 0 Å². The topological polar surface area (TPSA) is 30.7 Å². The van der Waals surface area contributed by atoms with Gasteiger partial charge in [-0.1, -0.05) is 33.1 Å². The van der Waals surface area contributed by atoms with Crippen molar-refractivity contribution in [3.05, 3.63) is 23.7 Å². The fourth-order valence-corrected chi connectivity index (χ4v) is 2.98. The van der Waals surface area contributed by atoms with Crippen LogP contribution in [-0.4, -0.2) is 14.5 Å². The smallest absolute Gasteiger partial charge is 0.160 e. The van der Waals surface area contributed by atoms with E-state index in [1.54, 1.807) is 0 Å². The van der Waals surface area contributed by atoms with Crippen LogP contribution in [0.4, 0.5) is 0 Å². The van der Waals surface area contributed by atoms with Gasteiger partial charge in [-0.25, -0.2) is 9.97 Å². The lowest BCUT2D eigenvalue weighted by atomic mass is 9.99. The minimum Gasteiger partial charge on any atom is -0.311 e. The zero-order valence-corrected chi connectivity index (χ0v) is 14.3. The molecule has 0 radical (unpaired) electrons. The van der Waals surface area contributed by atoms with E-state index in [4.69, 9.17) is 16.6 Å². The molecule has 2 unspecified atom stereocenters. The SMILES string of the molecule is CCCCC(CC)Cn1c(C(C)Cl)nc2c(C)ccnc21. The van der Waals surface area contributed by atoms with Crippen LogP contribution in [0.1, 0.15) is 63.2 Å². The van der Waals surface area contributed by atoms with Crippen molar-refractivity contribution in [2.24, 2.45) is 5.92 Å². The molecular formula is C17H26ClN3. The largest absolute Gasteiger partial charge is 0.311 e. The maximum absolute atomic E-state index is 6.35. The molecule has 2 aromatic heterocycles. The van der Waals surface area contributed by atoms with Crippen LogP contribution in [0.15, 0.2) is 12.3 Å². The van der Waals surface area contributed by atoms with Gasteiger partial charge in [0.2, 0.25) is 0 Å². The van der Waals surface area contributed by atoms with Gasteiger partial charge in [0.05, 0.1) is 5.38 Å². The van der Waals surface area contributed by atoms with Gasteiger partial charge in [0.1, 0.15) is 11.3 Å². The molecule has 4 heteroatoms. The third kappa shape index (κ3) is 3.57. The van der Waals surface area contributed by atoms with Crippen LogP contribution in [0.25, 0.3) is 11.2 Å². The predicted molar refractivity (Wildman–Crippen MR) is 89.8 cm³/mol.